The maximum absolute atomic E-state index is 3.72. The number of hydrogen-bond donors (Lipinski definition) is 1. The van der Waals surface area contributed by atoms with Gasteiger partial charge in [0.25, 0.3) is 0 Å². The van der Waals surface area contributed by atoms with Crippen LogP contribution in [0.4, 0.5) is 0 Å². The van der Waals surface area contributed by atoms with Crippen molar-refractivity contribution in [3.63, 3.8) is 0 Å². The Morgan fingerprint density at radius 1 is 0.900 bits per heavy atom. The fraction of sp³-hybridized carbons (Fsp3) is 0.684. The standard InChI is InChI=1S/C19H33N/c1-5-7-8-9-10-11-16(3)20-17(4)19-14-12-18(6-2)13-15-19/h12-17,20H,5-11H2,1-4H3. The highest BCUT2D eigenvalue weighted by Gasteiger charge is 2.09. The second-order valence-corrected chi connectivity index (χ2v) is 6.09. The van der Waals surface area contributed by atoms with E-state index in [1.807, 2.05) is 0 Å². The third-order valence-electron chi connectivity index (χ3n) is 4.16. The number of aryl methyl sites for hydroxylation is 1. The van der Waals surface area contributed by atoms with Crippen molar-refractivity contribution in [3.05, 3.63) is 35.4 Å². The smallest absolute Gasteiger partial charge is 0.0294 e. The first-order valence-electron chi connectivity index (χ1n) is 8.52. The molecule has 0 aliphatic rings. The maximum atomic E-state index is 3.72. The van der Waals surface area contributed by atoms with E-state index in [-0.39, 0.29) is 0 Å². The molecule has 1 nitrogen and oxygen atoms in total. The Kier molecular flexibility index (Phi) is 8.60. The second kappa shape index (κ2) is 9.99. The van der Waals surface area contributed by atoms with Gasteiger partial charge in [0.1, 0.15) is 0 Å². The normalized spacial score (nSPS) is 14.2. The molecule has 0 fully saturated rings. The van der Waals surface area contributed by atoms with Gasteiger partial charge in [-0.05, 0) is 37.8 Å². The van der Waals surface area contributed by atoms with Gasteiger partial charge in [0, 0.05) is 12.1 Å². The molecular formula is C19H33N. The Morgan fingerprint density at radius 2 is 1.55 bits per heavy atom. The molecule has 0 aliphatic heterocycles. The summed E-state index contributed by atoms with van der Waals surface area (Å²) >= 11 is 0. The minimum Gasteiger partial charge on any atom is -0.308 e. The van der Waals surface area contributed by atoms with E-state index in [4.69, 9.17) is 0 Å². The molecule has 1 aromatic rings. The van der Waals surface area contributed by atoms with Crippen LogP contribution in [-0.2, 0) is 6.42 Å². The molecule has 0 heterocycles. The van der Waals surface area contributed by atoms with E-state index >= 15 is 0 Å². The van der Waals surface area contributed by atoms with Gasteiger partial charge >= 0.3 is 0 Å². The van der Waals surface area contributed by atoms with Crippen LogP contribution in [0.1, 0.15) is 83.4 Å². The first-order valence-corrected chi connectivity index (χ1v) is 8.52. The molecule has 0 spiro atoms. The van der Waals surface area contributed by atoms with Crippen LogP contribution in [0.3, 0.4) is 0 Å². The molecule has 0 amide bonds. The zero-order valence-corrected chi connectivity index (χ0v) is 13.9. The van der Waals surface area contributed by atoms with Gasteiger partial charge in [-0.3, -0.25) is 0 Å². The van der Waals surface area contributed by atoms with Gasteiger partial charge < -0.3 is 5.32 Å². The fourth-order valence-corrected chi connectivity index (χ4v) is 2.70. The summed E-state index contributed by atoms with van der Waals surface area (Å²) < 4.78 is 0. The molecule has 114 valence electrons. The number of rotatable bonds is 10. The summed E-state index contributed by atoms with van der Waals surface area (Å²) in [5.41, 5.74) is 2.82. The van der Waals surface area contributed by atoms with Crippen molar-refractivity contribution in [3.8, 4) is 0 Å². The molecule has 0 radical (unpaired) electrons. The summed E-state index contributed by atoms with van der Waals surface area (Å²) in [7, 11) is 0. The molecule has 1 aromatic carbocycles. The summed E-state index contributed by atoms with van der Waals surface area (Å²) in [5.74, 6) is 0. The van der Waals surface area contributed by atoms with Crippen LogP contribution in [0.2, 0.25) is 0 Å². The summed E-state index contributed by atoms with van der Waals surface area (Å²) in [6.45, 7) is 9.07. The molecule has 1 rings (SSSR count). The van der Waals surface area contributed by atoms with Gasteiger partial charge in [-0.15, -0.1) is 0 Å². The van der Waals surface area contributed by atoms with Crippen molar-refractivity contribution in [2.75, 3.05) is 0 Å². The van der Waals surface area contributed by atoms with Crippen molar-refractivity contribution in [2.24, 2.45) is 0 Å². The van der Waals surface area contributed by atoms with Gasteiger partial charge in [0.05, 0.1) is 0 Å². The first-order chi connectivity index (χ1) is 9.67. The van der Waals surface area contributed by atoms with Crippen molar-refractivity contribution in [2.45, 2.75) is 84.7 Å². The highest BCUT2D eigenvalue weighted by molar-refractivity contribution is 5.24. The van der Waals surface area contributed by atoms with E-state index in [2.05, 4.69) is 57.3 Å². The van der Waals surface area contributed by atoms with Crippen LogP contribution >= 0.6 is 0 Å². The third kappa shape index (κ3) is 6.56. The van der Waals surface area contributed by atoms with Crippen LogP contribution in [-0.4, -0.2) is 6.04 Å². The lowest BCUT2D eigenvalue weighted by Crippen LogP contribution is -2.28. The lowest BCUT2D eigenvalue weighted by atomic mass is 10.0. The molecule has 0 saturated carbocycles. The van der Waals surface area contributed by atoms with E-state index in [0.717, 1.165) is 6.42 Å². The average molecular weight is 275 g/mol. The van der Waals surface area contributed by atoms with Crippen LogP contribution in [0, 0.1) is 0 Å². The summed E-state index contributed by atoms with van der Waals surface area (Å²) in [4.78, 5) is 0. The largest absolute Gasteiger partial charge is 0.308 e. The van der Waals surface area contributed by atoms with E-state index in [9.17, 15) is 0 Å². The highest BCUT2D eigenvalue weighted by Crippen LogP contribution is 2.16. The molecule has 0 bridgehead atoms. The summed E-state index contributed by atoms with van der Waals surface area (Å²) in [6.07, 6.45) is 9.28. The van der Waals surface area contributed by atoms with Gasteiger partial charge in [0.2, 0.25) is 0 Å². The molecule has 2 atom stereocenters. The van der Waals surface area contributed by atoms with Gasteiger partial charge in [-0.25, -0.2) is 0 Å². The molecule has 0 saturated heterocycles. The van der Waals surface area contributed by atoms with Crippen LogP contribution in [0.15, 0.2) is 24.3 Å². The lowest BCUT2D eigenvalue weighted by molar-refractivity contribution is 0.436. The molecular weight excluding hydrogens is 242 g/mol. The first kappa shape index (κ1) is 17.2. The lowest BCUT2D eigenvalue weighted by Gasteiger charge is -2.20. The quantitative estimate of drug-likeness (QED) is 0.544. The van der Waals surface area contributed by atoms with Crippen LogP contribution in [0.25, 0.3) is 0 Å². The van der Waals surface area contributed by atoms with E-state index in [1.54, 1.807) is 0 Å². The predicted octanol–water partition coefficient (Wildman–Crippen LogP) is 5.65. The Hall–Kier alpha value is -0.820. The zero-order valence-electron chi connectivity index (χ0n) is 13.9. The minimum absolute atomic E-state index is 0.451. The molecule has 1 heteroatoms. The molecule has 0 aromatic heterocycles. The molecule has 1 N–H and O–H groups in total. The van der Waals surface area contributed by atoms with E-state index < -0.39 is 0 Å². The molecule has 2 unspecified atom stereocenters. The molecule has 0 aliphatic carbocycles. The van der Waals surface area contributed by atoms with E-state index in [1.165, 1.54) is 49.7 Å². The van der Waals surface area contributed by atoms with Crippen molar-refractivity contribution in [1.29, 1.82) is 0 Å². The maximum Gasteiger partial charge on any atom is 0.0294 e. The third-order valence-corrected chi connectivity index (χ3v) is 4.16. The Labute approximate surface area is 126 Å². The van der Waals surface area contributed by atoms with Crippen molar-refractivity contribution >= 4 is 0 Å². The number of hydrogen-bond acceptors (Lipinski definition) is 1. The zero-order chi connectivity index (χ0) is 14.8. The molecule has 20 heavy (non-hydrogen) atoms. The Bertz CT molecular complexity index is 341. The van der Waals surface area contributed by atoms with Crippen molar-refractivity contribution in [1.82, 2.24) is 5.32 Å². The van der Waals surface area contributed by atoms with E-state index in [0.29, 0.717) is 12.1 Å². The van der Waals surface area contributed by atoms with Gasteiger partial charge in [0.15, 0.2) is 0 Å². The van der Waals surface area contributed by atoms with Crippen molar-refractivity contribution < 1.29 is 0 Å². The summed E-state index contributed by atoms with van der Waals surface area (Å²) in [6, 6.07) is 10.1. The second-order valence-electron chi connectivity index (χ2n) is 6.09. The number of nitrogens with one attached hydrogen (secondary N) is 1. The monoisotopic (exact) mass is 275 g/mol. The van der Waals surface area contributed by atoms with Gasteiger partial charge in [-0.2, -0.15) is 0 Å². The highest BCUT2D eigenvalue weighted by atomic mass is 14.9. The Morgan fingerprint density at radius 3 is 2.15 bits per heavy atom. The fourth-order valence-electron chi connectivity index (χ4n) is 2.70. The van der Waals surface area contributed by atoms with Crippen LogP contribution in [0.5, 0.6) is 0 Å². The summed E-state index contributed by atoms with van der Waals surface area (Å²) in [5, 5.41) is 3.72. The average Bonchev–Trinajstić information content (AvgIpc) is 2.47. The van der Waals surface area contributed by atoms with Crippen LogP contribution < -0.4 is 5.32 Å². The van der Waals surface area contributed by atoms with Gasteiger partial charge in [-0.1, -0.05) is 70.2 Å². The predicted molar refractivity (Wildman–Crippen MR) is 90.2 cm³/mol. The number of benzene rings is 1. The minimum atomic E-state index is 0.451. The SMILES string of the molecule is CCCCCCCC(C)NC(C)c1ccc(CC)cc1. The Balaban J connectivity index is 2.27. The topological polar surface area (TPSA) is 12.0 Å². The number of unbranched alkanes of at least 4 members (excludes halogenated alkanes) is 4.